The zero-order valence-electron chi connectivity index (χ0n) is 4.16. The number of aromatic carboxylic acids is 1. The second-order valence-corrected chi connectivity index (χ2v) is 1.14. The van der Waals surface area contributed by atoms with Gasteiger partial charge in [-0.05, 0) is 0 Å². The van der Waals surface area contributed by atoms with Gasteiger partial charge >= 0.3 is 5.97 Å². The molecule has 0 fully saturated rings. The van der Waals surface area contributed by atoms with E-state index in [1.165, 1.54) is 0 Å². The second-order valence-electron chi connectivity index (χ2n) is 1.14. The first-order chi connectivity index (χ1) is 3.80. The molecule has 0 aliphatic heterocycles. The van der Waals surface area contributed by atoms with Crippen LogP contribution in [0, 0.1) is 0 Å². The number of aromatic nitrogens is 3. The standard InChI is InChI=1S/C3H3N3O2.Co/c7-3(8)2-4-1-5-6-2;/h1H,(H,7,8)(H,4,5,6);. The van der Waals surface area contributed by atoms with Crippen LogP contribution in [-0.4, -0.2) is 26.3 Å². The van der Waals surface area contributed by atoms with E-state index in [0.717, 1.165) is 6.33 Å². The summed E-state index contributed by atoms with van der Waals surface area (Å²) in [4.78, 5) is 13.3. The minimum absolute atomic E-state index is 0. The van der Waals surface area contributed by atoms with E-state index < -0.39 is 5.97 Å². The molecule has 0 aromatic carbocycles. The van der Waals surface area contributed by atoms with Crippen LogP contribution >= 0.6 is 0 Å². The maximum absolute atomic E-state index is 9.93. The Bertz CT molecular complexity index is 185. The van der Waals surface area contributed by atoms with Crippen molar-refractivity contribution in [1.82, 2.24) is 15.2 Å². The van der Waals surface area contributed by atoms with Gasteiger partial charge in [0.05, 0.1) is 0 Å². The van der Waals surface area contributed by atoms with Crippen molar-refractivity contribution in [3.05, 3.63) is 12.2 Å². The third kappa shape index (κ3) is 1.82. The summed E-state index contributed by atoms with van der Waals surface area (Å²) in [6.07, 6.45) is 1.14. The van der Waals surface area contributed by atoms with Crippen molar-refractivity contribution in [1.29, 1.82) is 0 Å². The molecule has 0 atom stereocenters. The van der Waals surface area contributed by atoms with E-state index in [2.05, 4.69) is 15.2 Å². The summed E-state index contributed by atoms with van der Waals surface area (Å²) < 4.78 is 0. The molecular weight excluding hydrogens is 169 g/mol. The van der Waals surface area contributed by atoms with Crippen molar-refractivity contribution in [3.8, 4) is 0 Å². The molecule has 0 bridgehead atoms. The van der Waals surface area contributed by atoms with Crippen LogP contribution in [0.1, 0.15) is 10.6 Å². The van der Waals surface area contributed by atoms with Crippen LogP contribution < -0.4 is 0 Å². The van der Waals surface area contributed by atoms with Crippen molar-refractivity contribution in [2.45, 2.75) is 0 Å². The van der Waals surface area contributed by atoms with Gasteiger partial charge in [-0.15, -0.1) is 0 Å². The summed E-state index contributed by atoms with van der Waals surface area (Å²) in [5.41, 5.74) is 0. The topological polar surface area (TPSA) is 78.9 Å². The molecule has 0 saturated heterocycles. The predicted molar refractivity (Wildman–Crippen MR) is 23.3 cm³/mol. The van der Waals surface area contributed by atoms with Gasteiger partial charge in [-0.3, -0.25) is 5.10 Å². The molecule has 5 nitrogen and oxygen atoms in total. The molecule has 0 spiro atoms. The van der Waals surface area contributed by atoms with E-state index in [4.69, 9.17) is 5.11 Å². The summed E-state index contributed by atoms with van der Waals surface area (Å²) in [6, 6.07) is 0. The number of nitrogens with one attached hydrogen (secondary N) is 1. The Hall–Kier alpha value is -0.884. The molecule has 9 heavy (non-hydrogen) atoms. The Morgan fingerprint density at radius 1 is 1.78 bits per heavy atom. The second kappa shape index (κ2) is 3.20. The quantitative estimate of drug-likeness (QED) is 0.598. The number of carboxylic acids is 1. The van der Waals surface area contributed by atoms with E-state index >= 15 is 0 Å². The van der Waals surface area contributed by atoms with Crippen LogP contribution in [0.3, 0.4) is 0 Å². The van der Waals surface area contributed by atoms with Crippen molar-refractivity contribution in [3.63, 3.8) is 0 Å². The maximum atomic E-state index is 9.93. The third-order valence-electron chi connectivity index (χ3n) is 0.618. The first kappa shape index (κ1) is 8.12. The number of carbonyl (C=O) groups is 1. The van der Waals surface area contributed by atoms with E-state index in [9.17, 15) is 4.79 Å². The van der Waals surface area contributed by atoms with E-state index in [1.54, 1.807) is 0 Å². The minimum atomic E-state index is -1.09. The molecule has 0 aliphatic carbocycles. The minimum Gasteiger partial charge on any atom is -0.475 e. The molecular formula is C3H3CoN3O2. The smallest absolute Gasteiger partial charge is 0.373 e. The summed E-state index contributed by atoms with van der Waals surface area (Å²) >= 11 is 0. The van der Waals surface area contributed by atoms with Crippen LogP contribution in [-0.2, 0) is 16.8 Å². The van der Waals surface area contributed by atoms with Crippen LogP contribution in [0.2, 0.25) is 0 Å². The Morgan fingerprint density at radius 2 is 2.44 bits per heavy atom. The molecule has 0 unspecified atom stereocenters. The zero-order valence-corrected chi connectivity index (χ0v) is 5.20. The monoisotopic (exact) mass is 172 g/mol. The molecule has 1 heterocycles. The summed E-state index contributed by atoms with van der Waals surface area (Å²) in [6.45, 7) is 0. The van der Waals surface area contributed by atoms with Crippen LogP contribution in [0.4, 0.5) is 0 Å². The van der Waals surface area contributed by atoms with Gasteiger partial charge in [0, 0.05) is 16.8 Å². The third-order valence-corrected chi connectivity index (χ3v) is 0.618. The SMILES string of the molecule is O=C(O)c1ncn[nH]1.[Co]. The van der Waals surface area contributed by atoms with Crippen molar-refractivity contribution < 1.29 is 26.7 Å². The zero-order chi connectivity index (χ0) is 5.98. The van der Waals surface area contributed by atoms with Gasteiger partial charge in [-0.25, -0.2) is 9.78 Å². The fourth-order valence-corrected chi connectivity index (χ4v) is 0.309. The van der Waals surface area contributed by atoms with Crippen molar-refractivity contribution in [2.75, 3.05) is 0 Å². The number of nitrogens with zero attached hydrogens (tertiary/aromatic N) is 2. The van der Waals surface area contributed by atoms with E-state index in [1.807, 2.05) is 0 Å². The van der Waals surface area contributed by atoms with Crippen molar-refractivity contribution in [2.24, 2.45) is 0 Å². The van der Waals surface area contributed by atoms with Gasteiger partial charge in [0.1, 0.15) is 6.33 Å². The Balaban J connectivity index is 0.000000640. The Morgan fingerprint density at radius 3 is 2.67 bits per heavy atom. The van der Waals surface area contributed by atoms with Gasteiger partial charge in [-0.1, -0.05) is 0 Å². The van der Waals surface area contributed by atoms with Gasteiger partial charge < -0.3 is 5.11 Å². The Labute approximate surface area is 60.7 Å². The number of rotatable bonds is 1. The van der Waals surface area contributed by atoms with Gasteiger partial charge in [-0.2, -0.15) is 5.10 Å². The molecule has 1 rings (SSSR count). The molecule has 0 amide bonds. The molecule has 0 saturated carbocycles. The summed E-state index contributed by atoms with van der Waals surface area (Å²) in [5, 5.41) is 13.6. The van der Waals surface area contributed by atoms with Crippen LogP contribution in [0.5, 0.6) is 0 Å². The van der Waals surface area contributed by atoms with Gasteiger partial charge in [0.2, 0.25) is 5.82 Å². The molecule has 1 aromatic heterocycles. The van der Waals surface area contributed by atoms with Crippen molar-refractivity contribution >= 4 is 5.97 Å². The first-order valence-corrected chi connectivity index (χ1v) is 1.89. The fraction of sp³-hybridized carbons (Fsp3) is 0. The average molecular weight is 172 g/mol. The number of aromatic amines is 1. The summed E-state index contributed by atoms with van der Waals surface area (Å²) in [7, 11) is 0. The molecule has 51 valence electrons. The van der Waals surface area contributed by atoms with E-state index in [-0.39, 0.29) is 22.6 Å². The normalized spacial score (nSPS) is 8.00. The molecule has 0 aliphatic rings. The van der Waals surface area contributed by atoms with E-state index in [0.29, 0.717) is 0 Å². The average Bonchev–Trinajstić information content (AvgIpc) is 2.12. The maximum Gasteiger partial charge on any atom is 0.373 e. The van der Waals surface area contributed by atoms with Gasteiger partial charge in [0.15, 0.2) is 0 Å². The van der Waals surface area contributed by atoms with Gasteiger partial charge in [0.25, 0.3) is 0 Å². The Kier molecular flexibility index (Phi) is 2.89. The van der Waals surface area contributed by atoms with Crippen LogP contribution in [0.25, 0.3) is 0 Å². The first-order valence-electron chi connectivity index (χ1n) is 1.89. The molecule has 6 heteroatoms. The largest absolute Gasteiger partial charge is 0.475 e. The fourth-order valence-electron chi connectivity index (χ4n) is 0.309. The predicted octanol–water partition coefficient (Wildman–Crippen LogP) is -0.500. The molecule has 1 aromatic rings. The molecule has 1 radical (unpaired) electrons. The number of carboxylic acid groups (broad SMARTS) is 1. The molecule has 2 N–H and O–H groups in total. The van der Waals surface area contributed by atoms with Crippen LogP contribution in [0.15, 0.2) is 6.33 Å². The number of hydrogen-bond acceptors (Lipinski definition) is 3. The number of H-pyrrole nitrogens is 1. The summed E-state index contributed by atoms with van der Waals surface area (Å²) in [5.74, 6) is -1.23. The number of hydrogen-bond donors (Lipinski definition) is 2.